The summed E-state index contributed by atoms with van der Waals surface area (Å²) in [4.78, 5) is 11.6. The zero-order chi connectivity index (χ0) is 17.7. The standard InChI is InChI=1S/C21H19O3P/c1-24-21(22)18-14-12-17(13-15-18)16-25(23,19-8-4-2-5-9-19)20-10-6-3-7-11-20/h2-15H,16H2,1H3. The van der Waals surface area contributed by atoms with Crippen LogP contribution in [0, 0.1) is 0 Å². The molecule has 0 bridgehead atoms. The second-order valence-corrected chi connectivity index (χ2v) is 8.59. The Morgan fingerprint density at radius 2 is 1.28 bits per heavy atom. The molecule has 3 aromatic carbocycles. The summed E-state index contributed by atoms with van der Waals surface area (Å²) >= 11 is 0. The van der Waals surface area contributed by atoms with Crippen molar-refractivity contribution in [1.29, 1.82) is 0 Å². The quantitative estimate of drug-likeness (QED) is 0.516. The highest BCUT2D eigenvalue weighted by Crippen LogP contribution is 2.46. The van der Waals surface area contributed by atoms with Gasteiger partial charge in [-0.3, -0.25) is 0 Å². The Balaban J connectivity index is 1.99. The summed E-state index contributed by atoms with van der Waals surface area (Å²) < 4.78 is 18.7. The van der Waals surface area contributed by atoms with Gasteiger partial charge in [0.15, 0.2) is 0 Å². The predicted octanol–water partition coefficient (Wildman–Crippen LogP) is 3.99. The number of methoxy groups -OCH3 is 1. The molecule has 0 atom stereocenters. The van der Waals surface area contributed by atoms with Gasteiger partial charge in [-0.05, 0) is 17.7 Å². The van der Waals surface area contributed by atoms with E-state index in [1.807, 2.05) is 72.8 Å². The lowest BCUT2D eigenvalue weighted by atomic mass is 10.1. The zero-order valence-electron chi connectivity index (χ0n) is 14.0. The first-order valence-electron chi connectivity index (χ1n) is 8.01. The van der Waals surface area contributed by atoms with Gasteiger partial charge in [0.1, 0.15) is 7.14 Å². The third-order valence-electron chi connectivity index (χ3n) is 4.13. The van der Waals surface area contributed by atoms with E-state index in [1.54, 1.807) is 12.1 Å². The smallest absolute Gasteiger partial charge is 0.337 e. The van der Waals surface area contributed by atoms with Crippen LogP contribution in [-0.4, -0.2) is 13.1 Å². The zero-order valence-corrected chi connectivity index (χ0v) is 14.9. The molecular formula is C21H19O3P. The van der Waals surface area contributed by atoms with Crippen molar-refractivity contribution in [3.05, 3.63) is 96.1 Å². The van der Waals surface area contributed by atoms with Gasteiger partial charge in [0.2, 0.25) is 0 Å². The summed E-state index contributed by atoms with van der Waals surface area (Å²) in [6, 6.07) is 26.2. The lowest BCUT2D eigenvalue weighted by molar-refractivity contribution is 0.0600. The second kappa shape index (κ2) is 7.50. The van der Waals surface area contributed by atoms with E-state index in [1.165, 1.54) is 7.11 Å². The summed E-state index contributed by atoms with van der Waals surface area (Å²) in [5.74, 6) is -0.374. The van der Waals surface area contributed by atoms with Crippen LogP contribution in [0.2, 0.25) is 0 Å². The van der Waals surface area contributed by atoms with Crippen molar-refractivity contribution in [3.8, 4) is 0 Å². The molecule has 0 aliphatic heterocycles. The summed E-state index contributed by atoms with van der Waals surface area (Å²) in [7, 11) is -1.45. The maximum Gasteiger partial charge on any atom is 0.337 e. The monoisotopic (exact) mass is 350 g/mol. The molecule has 3 nitrogen and oxygen atoms in total. The molecule has 0 saturated carbocycles. The van der Waals surface area contributed by atoms with Crippen molar-refractivity contribution < 1.29 is 14.1 Å². The molecule has 0 spiro atoms. The van der Waals surface area contributed by atoms with Gasteiger partial charge in [-0.2, -0.15) is 0 Å². The minimum Gasteiger partial charge on any atom is -0.465 e. The number of rotatable bonds is 5. The van der Waals surface area contributed by atoms with Crippen molar-refractivity contribution in [2.45, 2.75) is 6.16 Å². The van der Waals surface area contributed by atoms with Crippen LogP contribution in [0.5, 0.6) is 0 Å². The average Bonchev–Trinajstić information content (AvgIpc) is 2.69. The van der Waals surface area contributed by atoms with Gasteiger partial charge in [0.05, 0.1) is 12.7 Å². The molecule has 3 aromatic rings. The molecule has 25 heavy (non-hydrogen) atoms. The number of hydrogen-bond acceptors (Lipinski definition) is 3. The number of benzene rings is 3. The average molecular weight is 350 g/mol. The lowest BCUT2D eigenvalue weighted by Crippen LogP contribution is -2.17. The van der Waals surface area contributed by atoms with Crippen molar-refractivity contribution in [1.82, 2.24) is 0 Å². The molecule has 0 aliphatic carbocycles. The van der Waals surface area contributed by atoms with Crippen LogP contribution in [-0.2, 0) is 15.5 Å². The number of hydrogen-bond donors (Lipinski definition) is 0. The number of carbonyl (C=O) groups is 1. The van der Waals surface area contributed by atoms with Gasteiger partial charge in [0, 0.05) is 16.8 Å². The van der Waals surface area contributed by atoms with E-state index in [0.29, 0.717) is 11.7 Å². The minimum atomic E-state index is -2.81. The molecule has 0 N–H and O–H groups in total. The maximum absolute atomic E-state index is 14.0. The van der Waals surface area contributed by atoms with Gasteiger partial charge < -0.3 is 9.30 Å². The maximum atomic E-state index is 14.0. The fourth-order valence-electron chi connectivity index (χ4n) is 2.79. The molecule has 0 fully saturated rings. The summed E-state index contributed by atoms with van der Waals surface area (Å²) in [5, 5.41) is 1.66. The predicted molar refractivity (Wildman–Crippen MR) is 101 cm³/mol. The molecule has 0 unspecified atom stereocenters. The van der Waals surface area contributed by atoms with E-state index in [9.17, 15) is 9.36 Å². The Bertz CT molecular complexity index is 844. The topological polar surface area (TPSA) is 43.4 Å². The Hall–Kier alpha value is -2.64. The summed E-state index contributed by atoms with van der Waals surface area (Å²) in [5.41, 5.74) is 1.41. The number of carbonyl (C=O) groups excluding carboxylic acids is 1. The number of esters is 1. The van der Waals surface area contributed by atoms with E-state index in [2.05, 4.69) is 0 Å². The molecule has 0 aliphatic rings. The van der Waals surface area contributed by atoms with Crippen LogP contribution in [0.4, 0.5) is 0 Å². The van der Waals surface area contributed by atoms with Crippen molar-refractivity contribution in [2.24, 2.45) is 0 Å². The fourth-order valence-corrected chi connectivity index (χ4v) is 5.49. The van der Waals surface area contributed by atoms with Gasteiger partial charge in [-0.25, -0.2) is 4.79 Å². The third kappa shape index (κ3) is 3.72. The molecule has 0 saturated heterocycles. The first-order chi connectivity index (χ1) is 12.1. The van der Waals surface area contributed by atoms with E-state index >= 15 is 0 Å². The van der Waals surface area contributed by atoms with E-state index < -0.39 is 7.14 Å². The highest BCUT2D eigenvalue weighted by atomic mass is 31.2. The van der Waals surface area contributed by atoms with Gasteiger partial charge in [0.25, 0.3) is 0 Å². The van der Waals surface area contributed by atoms with Gasteiger partial charge >= 0.3 is 5.97 Å². The van der Waals surface area contributed by atoms with Crippen LogP contribution in [0.25, 0.3) is 0 Å². The largest absolute Gasteiger partial charge is 0.465 e. The Kier molecular flexibility index (Phi) is 5.16. The molecule has 0 radical (unpaired) electrons. The SMILES string of the molecule is COC(=O)c1ccc(CP(=O)(c2ccccc2)c2ccccc2)cc1. The fraction of sp³-hybridized carbons (Fsp3) is 0.0952. The van der Waals surface area contributed by atoms with Crippen molar-refractivity contribution in [3.63, 3.8) is 0 Å². The summed E-state index contributed by atoms with van der Waals surface area (Å²) in [6.45, 7) is 0. The van der Waals surface area contributed by atoms with Crippen LogP contribution in [0.1, 0.15) is 15.9 Å². The van der Waals surface area contributed by atoms with Crippen LogP contribution in [0.15, 0.2) is 84.9 Å². The molecule has 126 valence electrons. The Labute approximate surface area is 147 Å². The van der Waals surface area contributed by atoms with Crippen molar-refractivity contribution >= 4 is 23.7 Å². The van der Waals surface area contributed by atoms with E-state index in [0.717, 1.165) is 16.2 Å². The molecule has 0 amide bonds. The molecule has 0 heterocycles. The highest BCUT2D eigenvalue weighted by molar-refractivity contribution is 7.78. The molecule has 4 heteroatoms. The summed E-state index contributed by atoms with van der Waals surface area (Å²) in [6.07, 6.45) is 0.405. The number of ether oxygens (including phenoxy) is 1. The molecule has 0 aromatic heterocycles. The van der Waals surface area contributed by atoms with E-state index in [4.69, 9.17) is 4.74 Å². The van der Waals surface area contributed by atoms with Crippen LogP contribution >= 0.6 is 7.14 Å². The minimum absolute atomic E-state index is 0.374. The third-order valence-corrected chi connectivity index (χ3v) is 7.20. The normalized spacial score (nSPS) is 11.1. The Morgan fingerprint density at radius 3 is 1.72 bits per heavy atom. The van der Waals surface area contributed by atoms with Gasteiger partial charge in [-0.15, -0.1) is 0 Å². The van der Waals surface area contributed by atoms with Crippen molar-refractivity contribution in [2.75, 3.05) is 7.11 Å². The van der Waals surface area contributed by atoms with Crippen LogP contribution in [0.3, 0.4) is 0 Å². The lowest BCUT2D eigenvalue weighted by Gasteiger charge is -2.19. The first-order valence-corrected chi connectivity index (χ1v) is 9.90. The molecule has 3 rings (SSSR count). The second-order valence-electron chi connectivity index (χ2n) is 5.76. The van der Waals surface area contributed by atoms with Crippen LogP contribution < -0.4 is 10.6 Å². The molecular weight excluding hydrogens is 331 g/mol. The van der Waals surface area contributed by atoms with Gasteiger partial charge in [-0.1, -0.05) is 72.8 Å². The van der Waals surface area contributed by atoms with E-state index in [-0.39, 0.29) is 5.97 Å². The highest BCUT2D eigenvalue weighted by Gasteiger charge is 2.27. The first kappa shape index (κ1) is 17.2. The Morgan fingerprint density at radius 1 is 0.800 bits per heavy atom.